The quantitative estimate of drug-likeness (QED) is 0.101. The molecule has 2 rings (SSSR count). The lowest BCUT2D eigenvalue weighted by Crippen LogP contribution is -2.56. The molecule has 3 unspecified atom stereocenters. The van der Waals surface area contributed by atoms with E-state index in [-0.39, 0.29) is 18.9 Å². The molecule has 0 aliphatic carbocycles. The Balaban J connectivity index is 2.63. The molecule has 9 heteroatoms. The molecule has 9 nitrogen and oxygen atoms in total. The van der Waals surface area contributed by atoms with Crippen LogP contribution in [0.2, 0.25) is 0 Å². The Labute approximate surface area is 300 Å². The van der Waals surface area contributed by atoms with Gasteiger partial charge in [0.05, 0.1) is 0 Å². The van der Waals surface area contributed by atoms with Crippen LogP contribution in [0, 0.1) is 18.3 Å². The zero-order valence-corrected chi connectivity index (χ0v) is 31.6. The molecular weight excluding hydrogens is 630 g/mol. The lowest BCUT2D eigenvalue weighted by molar-refractivity contribution is -0.159. The summed E-state index contributed by atoms with van der Waals surface area (Å²) in [6, 6.07) is 13.1. The van der Waals surface area contributed by atoms with Crippen molar-refractivity contribution < 1.29 is 28.7 Å². The molecule has 0 bridgehead atoms. The first-order chi connectivity index (χ1) is 23.5. The second-order valence-electron chi connectivity index (χ2n) is 15.1. The van der Waals surface area contributed by atoms with Gasteiger partial charge in [-0.05, 0) is 77.1 Å². The molecule has 274 valence electrons. The predicted molar refractivity (Wildman–Crippen MR) is 198 cm³/mol. The monoisotopic (exact) mass is 689 g/mol. The number of carbonyl (C=O) groups is 4. The zero-order valence-electron chi connectivity index (χ0n) is 31.6. The number of hydrogen-bond donors (Lipinski definition) is 2. The second kappa shape index (κ2) is 19.8. The largest absolute Gasteiger partial charge is 0.458 e. The van der Waals surface area contributed by atoms with Crippen molar-refractivity contribution in [1.29, 1.82) is 0 Å². The minimum atomic E-state index is -1.15. The SMILES string of the molecule is C#Cc1ccc(C(C(=O)NC(Cc2ccccc2)C(=O)OC(C)(C)C)N(CCCCCCCC)C(=O)C(NC(=O)OC(C)(C)C)C(C)C)cc1. The number of rotatable bonds is 17. The molecule has 50 heavy (non-hydrogen) atoms. The molecule has 2 aromatic carbocycles. The number of benzene rings is 2. The number of amides is 3. The highest BCUT2D eigenvalue weighted by Crippen LogP contribution is 2.26. The Kier molecular flexibility index (Phi) is 16.5. The molecule has 2 N–H and O–H groups in total. The third-order valence-corrected chi connectivity index (χ3v) is 7.88. The summed E-state index contributed by atoms with van der Waals surface area (Å²) in [5.41, 5.74) is 0.398. The van der Waals surface area contributed by atoms with E-state index in [9.17, 15) is 19.2 Å². The van der Waals surface area contributed by atoms with Crippen molar-refractivity contribution in [2.45, 2.75) is 137 Å². The van der Waals surface area contributed by atoms with Gasteiger partial charge in [0.25, 0.3) is 0 Å². The first-order valence-electron chi connectivity index (χ1n) is 17.9. The van der Waals surface area contributed by atoms with E-state index in [0.29, 0.717) is 17.5 Å². The third-order valence-electron chi connectivity index (χ3n) is 7.88. The number of alkyl carbamates (subject to hydrolysis) is 1. The molecule has 3 amide bonds. The molecule has 0 radical (unpaired) electrons. The molecule has 0 heterocycles. The normalized spacial score (nSPS) is 13.4. The van der Waals surface area contributed by atoms with Crippen molar-refractivity contribution in [3.63, 3.8) is 0 Å². The Bertz CT molecular complexity index is 1420. The fourth-order valence-electron chi connectivity index (χ4n) is 5.46. The Hall–Kier alpha value is -4.32. The lowest BCUT2D eigenvalue weighted by atomic mass is 9.97. The van der Waals surface area contributed by atoms with Crippen molar-refractivity contribution in [1.82, 2.24) is 15.5 Å². The van der Waals surface area contributed by atoms with Crippen LogP contribution in [0.1, 0.15) is 124 Å². The van der Waals surface area contributed by atoms with Crippen molar-refractivity contribution in [2.75, 3.05) is 6.54 Å². The molecule has 0 aromatic heterocycles. The van der Waals surface area contributed by atoms with Gasteiger partial charge < -0.3 is 25.0 Å². The van der Waals surface area contributed by atoms with E-state index in [1.807, 2.05) is 44.2 Å². The van der Waals surface area contributed by atoms with Gasteiger partial charge in [0.2, 0.25) is 11.8 Å². The maximum Gasteiger partial charge on any atom is 0.408 e. The standard InChI is InChI=1S/C41H59N3O6/c1-11-13-14-15-16-20-27-44(37(46)34(29(3)4)43-39(48)50-41(8,9)10)35(32-25-23-30(12-2)24-26-32)36(45)42-33(38(47)49-40(5,6)7)28-31-21-18-17-19-22-31/h2,17-19,21-26,29,33-35H,11,13-16,20,27-28H2,1,3-10H3,(H,42,45)(H,43,48). The van der Waals surface area contributed by atoms with Crippen LogP contribution in [0.25, 0.3) is 0 Å². The van der Waals surface area contributed by atoms with Crippen LogP contribution in [0.4, 0.5) is 4.79 Å². The number of esters is 1. The number of carbonyl (C=O) groups excluding carboxylic acids is 4. The summed E-state index contributed by atoms with van der Waals surface area (Å²) >= 11 is 0. The van der Waals surface area contributed by atoms with Gasteiger partial charge in [-0.15, -0.1) is 6.42 Å². The van der Waals surface area contributed by atoms with Gasteiger partial charge >= 0.3 is 12.1 Å². The highest BCUT2D eigenvalue weighted by molar-refractivity contribution is 5.94. The second-order valence-corrected chi connectivity index (χ2v) is 15.1. The van der Waals surface area contributed by atoms with Gasteiger partial charge in [-0.25, -0.2) is 9.59 Å². The molecule has 0 spiro atoms. The average molecular weight is 690 g/mol. The van der Waals surface area contributed by atoms with Gasteiger partial charge in [-0.1, -0.05) is 101 Å². The zero-order chi connectivity index (χ0) is 37.5. The van der Waals surface area contributed by atoms with E-state index in [0.717, 1.165) is 37.7 Å². The number of ether oxygens (including phenoxy) is 2. The number of nitrogens with zero attached hydrogens (tertiary/aromatic N) is 1. The van der Waals surface area contributed by atoms with Crippen LogP contribution in [-0.2, 0) is 30.3 Å². The van der Waals surface area contributed by atoms with Crippen LogP contribution >= 0.6 is 0 Å². The summed E-state index contributed by atoms with van der Waals surface area (Å²) < 4.78 is 11.3. The van der Waals surface area contributed by atoms with E-state index in [1.165, 1.54) is 4.90 Å². The Morgan fingerprint density at radius 1 is 0.800 bits per heavy atom. The smallest absolute Gasteiger partial charge is 0.408 e. The fourth-order valence-corrected chi connectivity index (χ4v) is 5.46. The van der Waals surface area contributed by atoms with E-state index >= 15 is 0 Å². The Morgan fingerprint density at radius 3 is 1.92 bits per heavy atom. The van der Waals surface area contributed by atoms with E-state index < -0.39 is 53.2 Å². The molecule has 0 saturated heterocycles. The van der Waals surface area contributed by atoms with Crippen LogP contribution in [0.5, 0.6) is 0 Å². The van der Waals surface area contributed by atoms with Crippen molar-refractivity contribution in [2.24, 2.45) is 5.92 Å². The Morgan fingerprint density at radius 2 is 1.38 bits per heavy atom. The molecule has 2 aromatic rings. The van der Waals surface area contributed by atoms with Gasteiger partial charge in [0, 0.05) is 18.5 Å². The highest BCUT2D eigenvalue weighted by Gasteiger charge is 2.39. The summed E-state index contributed by atoms with van der Waals surface area (Å²) in [7, 11) is 0. The number of terminal acetylenes is 1. The van der Waals surface area contributed by atoms with E-state index in [1.54, 1.807) is 65.8 Å². The summed E-state index contributed by atoms with van der Waals surface area (Å²) in [5.74, 6) is 0.696. The van der Waals surface area contributed by atoms with Crippen molar-refractivity contribution in [3.05, 3.63) is 71.3 Å². The fraction of sp³-hybridized carbons (Fsp3) is 0.561. The number of unbranched alkanes of at least 4 members (excludes halogenated alkanes) is 5. The topological polar surface area (TPSA) is 114 Å². The first-order valence-corrected chi connectivity index (χ1v) is 17.9. The number of nitrogens with one attached hydrogen (secondary N) is 2. The molecule has 0 saturated carbocycles. The number of hydrogen-bond acceptors (Lipinski definition) is 6. The maximum atomic E-state index is 14.6. The summed E-state index contributed by atoms with van der Waals surface area (Å²) in [6.45, 7) is 16.6. The molecule has 0 fully saturated rings. The average Bonchev–Trinajstić information content (AvgIpc) is 3.03. The van der Waals surface area contributed by atoms with Gasteiger partial charge in [-0.2, -0.15) is 0 Å². The van der Waals surface area contributed by atoms with Crippen LogP contribution in [0.3, 0.4) is 0 Å². The van der Waals surface area contributed by atoms with E-state index in [2.05, 4.69) is 23.5 Å². The van der Waals surface area contributed by atoms with Crippen LogP contribution in [-0.4, -0.2) is 58.6 Å². The minimum Gasteiger partial charge on any atom is -0.458 e. The first kappa shape index (κ1) is 41.8. The molecule has 0 aliphatic heterocycles. The van der Waals surface area contributed by atoms with Gasteiger partial charge in [0.1, 0.15) is 29.3 Å². The van der Waals surface area contributed by atoms with Gasteiger partial charge in [-0.3, -0.25) is 9.59 Å². The lowest BCUT2D eigenvalue weighted by Gasteiger charge is -2.36. The van der Waals surface area contributed by atoms with E-state index in [4.69, 9.17) is 15.9 Å². The van der Waals surface area contributed by atoms with Crippen LogP contribution < -0.4 is 10.6 Å². The third kappa shape index (κ3) is 14.7. The minimum absolute atomic E-state index is 0.185. The van der Waals surface area contributed by atoms with Crippen molar-refractivity contribution >= 4 is 23.9 Å². The predicted octanol–water partition coefficient (Wildman–Crippen LogP) is 7.52. The summed E-state index contributed by atoms with van der Waals surface area (Å²) in [6.07, 6.45) is 10.9. The summed E-state index contributed by atoms with van der Waals surface area (Å²) in [4.78, 5) is 57.3. The maximum absolute atomic E-state index is 14.6. The molecule has 3 atom stereocenters. The molecule has 0 aliphatic rings. The molecular formula is C41H59N3O6. The highest BCUT2D eigenvalue weighted by atomic mass is 16.6. The summed E-state index contributed by atoms with van der Waals surface area (Å²) in [5, 5.41) is 5.72. The van der Waals surface area contributed by atoms with Crippen LogP contribution in [0.15, 0.2) is 54.6 Å². The van der Waals surface area contributed by atoms with Crippen molar-refractivity contribution in [3.8, 4) is 12.3 Å². The van der Waals surface area contributed by atoms with Gasteiger partial charge in [0.15, 0.2) is 0 Å².